The van der Waals surface area contributed by atoms with Crippen molar-refractivity contribution in [1.29, 1.82) is 0 Å². The molecule has 0 atom stereocenters. The van der Waals surface area contributed by atoms with E-state index in [1.165, 1.54) is 0 Å². The maximum atomic E-state index is 12.1. The maximum absolute atomic E-state index is 12.1. The van der Waals surface area contributed by atoms with Crippen LogP contribution < -0.4 is 15.4 Å². The largest absolute Gasteiger partial charge is 0.488 e. The van der Waals surface area contributed by atoms with Gasteiger partial charge in [0.05, 0.1) is 0 Å². The molecule has 22 heavy (non-hydrogen) atoms. The molecule has 0 unspecified atom stereocenters. The minimum absolute atomic E-state index is 0.0696. The first-order valence-electron chi connectivity index (χ1n) is 7.53. The summed E-state index contributed by atoms with van der Waals surface area (Å²) >= 11 is 1.66. The molecule has 2 rings (SSSR count). The number of benzene rings is 1. The lowest BCUT2D eigenvalue weighted by atomic mass is 10.2. The van der Waals surface area contributed by atoms with Crippen LogP contribution >= 0.6 is 11.3 Å². The Kier molecular flexibility index (Phi) is 6.93. The van der Waals surface area contributed by atoms with E-state index >= 15 is 0 Å². The van der Waals surface area contributed by atoms with Crippen molar-refractivity contribution in [1.82, 2.24) is 10.6 Å². The van der Waals surface area contributed by atoms with Gasteiger partial charge in [-0.15, -0.1) is 11.3 Å². The predicted octanol–water partition coefficient (Wildman–Crippen LogP) is 3.06. The first-order chi connectivity index (χ1) is 10.8. The molecule has 1 heterocycles. The molecule has 118 valence electrons. The highest BCUT2D eigenvalue weighted by atomic mass is 32.1. The average molecular weight is 318 g/mol. The van der Waals surface area contributed by atoms with Crippen LogP contribution in [0, 0.1) is 0 Å². The number of hydrogen-bond donors (Lipinski definition) is 2. The molecule has 0 fully saturated rings. The molecular weight excluding hydrogens is 296 g/mol. The van der Waals surface area contributed by atoms with Crippen molar-refractivity contribution in [2.45, 2.75) is 20.0 Å². The summed E-state index contributed by atoms with van der Waals surface area (Å²) in [5, 5.41) is 8.17. The summed E-state index contributed by atoms with van der Waals surface area (Å²) < 4.78 is 5.72. The van der Waals surface area contributed by atoms with Gasteiger partial charge in [0.1, 0.15) is 12.4 Å². The fourth-order valence-corrected chi connectivity index (χ4v) is 2.56. The summed E-state index contributed by atoms with van der Waals surface area (Å²) in [6.45, 7) is 5.03. The highest BCUT2D eigenvalue weighted by Gasteiger charge is 2.06. The fraction of sp³-hybridized carbons (Fsp3) is 0.353. The van der Waals surface area contributed by atoms with Gasteiger partial charge in [0.25, 0.3) is 5.91 Å². The number of carbonyl (C=O) groups excluding carboxylic acids is 1. The van der Waals surface area contributed by atoms with Crippen molar-refractivity contribution >= 4 is 17.2 Å². The summed E-state index contributed by atoms with van der Waals surface area (Å²) in [5.41, 5.74) is 0.624. The van der Waals surface area contributed by atoms with E-state index in [9.17, 15) is 4.79 Å². The second-order valence-corrected chi connectivity index (χ2v) is 5.93. The molecule has 4 nitrogen and oxygen atoms in total. The first kappa shape index (κ1) is 16.5. The number of hydrogen-bond acceptors (Lipinski definition) is 4. The predicted molar refractivity (Wildman–Crippen MR) is 90.6 cm³/mol. The Morgan fingerprint density at radius 2 is 2.09 bits per heavy atom. The monoisotopic (exact) mass is 318 g/mol. The number of nitrogens with one attached hydrogen (secondary N) is 2. The molecule has 0 saturated heterocycles. The first-order valence-corrected chi connectivity index (χ1v) is 8.41. The van der Waals surface area contributed by atoms with Gasteiger partial charge < -0.3 is 15.4 Å². The Morgan fingerprint density at radius 1 is 1.18 bits per heavy atom. The van der Waals surface area contributed by atoms with Gasteiger partial charge in [0.2, 0.25) is 0 Å². The van der Waals surface area contributed by atoms with Crippen LogP contribution in [-0.4, -0.2) is 25.5 Å². The minimum atomic E-state index is -0.0696. The van der Waals surface area contributed by atoms with E-state index < -0.39 is 0 Å². The normalized spacial score (nSPS) is 10.4. The quantitative estimate of drug-likeness (QED) is 0.699. The van der Waals surface area contributed by atoms with Crippen LogP contribution in [0.15, 0.2) is 41.8 Å². The second-order valence-electron chi connectivity index (χ2n) is 4.90. The Balaban J connectivity index is 1.80. The Hall–Kier alpha value is -1.85. The van der Waals surface area contributed by atoms with Gasteiger partial charge in [-0.2, -0.15) is 0 Å². The third-order valence-electron chi connectivity index (χ3n) is 3.07. The van der Waals surface area contributed by atoms with Crippen LogP contribution in [-0.2, 0) is 6.61 Å². The molecule has 1 amide bonds. The van der Waals surface area contributed by atoms with E-state index in [0.29, 0.717) is 24.5 Å². The van der Waals surface area contributed by atoms with Crippen LogP contribution in [0.4, 0.5) is 0 Å². The third-order valence-corrected chi connectivity index (χ3v) is 3.92. The van der Waals surface area contributed by atoms with E-state index in [0.717, 1.165) is 24.4 Å². The van der Waals surface area contributed by atoms with Crippen molar-refractivity contribution in [3.8, 4) is 5.75 Å². The molecular formula is C17H22N2O2S. The molecule has 5 heteroatoms. The highest BCUT2D eigenvalue weighted by molar-refractivity contribution is 7.09. The summed E-state index contributed by atoms with van der Waals surface area (Å²) in [6.07, 6.45) is 1.09. The Morgan fingerprint density at radius 3 is 2.86 bits per heavy atom. The standard InChI is InChI=1S/C17H22N2O2S/c1-2-8-18-9-10-19-17(20)14-5-3-6-15(12-14)21-13-16-7-4-11-22-16/h3-7,11-12,18H,2,8-10,13H2,1H3,(H,19,20). The van der Waals surface area contributed by atoms with Gasteiger partial charge >= 0.3 is 0 Å². The van der Waals surface area contributed by atoms with Crippen LogP contribution in [0.5, 0.6) is 5.75 Å². The lowest BCUT2D eigenvalue weighted by Crippen LogP contribution is -2.32. The number of ether oxygens (including phenoxy) is 1. The summed E-state index contributed by atoms with van der Waals surface area (Å²) in [4.78, 5) is 13.2. The molecule has 0 bridgehead atoms. The zero-order valence-corrected chi connectivity index (χ0v) is 13.6. The van der Waals surface area contributed by atoms with Crippen molar-refractivity contribution in [2.24, 2.45) is 0 Å². The molecule has 1 aromatic heterocycles. The Bertz CT molecular complexity index is 570. The zero-order valence-electron chi connectivity index (χ0n) is 12.8. The van der Waals surface area contributed by atoms with Gasteiger partial charge in [0, 0.05) is 23.5 Å². The SMILES string of the molecule is CCCNCCNC(=O)c1cccc(OCc2cccs2)c1. The number of thiophene rings is 1. The van der Waals surface area contributed by atoms with Gasteiger partial charge in [-0.25, -0.2) is 0 Å². The number of carbonyl (C=O) groups is 1. The average Bonchev–Trinajstić information content (AvgIpc) is 3.06. The van der Waals surface area contributed by atoms with Crippen molar-refractivity contribution < 1.29 is 9.53 Å². The fourth-order valence-electron chi connectivity index (χ4n) is 1.94. The molecule has 2 aromatic rings. The molecule has 0 aliphatic heterocycles. The van der Waals surface area contributed by atoms with Crippen molar-refractivity contribution in [3.63, 3.8) is 0 Å². The van der Waals surface area contributed by atoms with Gasteiger partial charge in [-0.05, 0) is 42.6 Å². The van der Waals surface area contributed by atoms with Gasteiger partial charge in [0.15, 0.2) is 0 Å². The topological polar surface area (TPSA) is 50.4 Å². The molecule has 0 radical (unpaired) electrons. The Labute approximate surface area is 135 Å². The van der Waals surface area contributed by atoms with E-state index in [-0.39, 0.29) is 5.91 Å². The smallest absolute Gasteiger partial charge is 0.251 e. The van der Waals surface area contributed by atoms with E-state index in [1.807, 2.05) is 29.6 Å². The highest BCUT2D eigenvalue weighted by Crippen LogP contribution is 2.17. The molecule has 2 N–H and O–H groups in total. The van der Waals surface area contributed by atoms with Crippen LogP contribution in [0.2, 0.25) is 0 Å². The molecule has 0 spiro atoms. The van der Waals surface area contributed by atoms with E-state index in [1.54, 1.807) is 23.5 Å². The van der Waals surface area contributed by atoms with Crippen molar-refractivity contribution in [3.05, 3.63) is 52.2 Å². The maximum Gasteiger partial charge on any atom is 0.251 e. The van der Waals surface area contributed by atoms with E-state index in [2.05, 4.69) is 17.6 Å². The molecule has 0 aliphatic carbocycles. The molecule has 1 aromatic carbocycles. The third kappa shape index (κ3) is 5.50. The summed E-state index contributed by atoms with van der Waals surface area (Å²) in [7, 11) is 0. The van der Waals surface area contributed by atoms with Gasteiger partial charge in [-0.3, -0.25) is 4.79 Å². The lowest BCUT2D eigenvalue weighted by molar-refractivity contribution is 0.0953. The van der Waals surface area contributed by atoms with Crippen LogP contribution in [0.1, 0.15) is 28.6 Å². The number of rotatable bonds is 9. The number of amides is 1. The minimum Gasteiger partial charge on any atom is -0.488 e. The second kappa shape index (κ2) is 9.23. The van der Waals surface area contributed by atoms with Gasteiger partial charge in [-0.1, -0.05) is 19.1 Å². The molecule has 0 saturated carbocycles. The van der Waals surface area contributed by atoms with E-state index in [4.69, 9.17) is 4.74 Å². The van der Waals surface area contributed by atoms with Crippen LogP contribution in [0.3, 0.4) is 0 Å². The molecule has 0 aliphatic rings. The van der Waals surface area contributed by atoms with Crippen molar-refractivity contribution in [2.75, 3.05) is 19.6 Å². The lowest BCUT2D eigenvalue weighted by Gasteiger charge is -2.08. The zero-order chi connectivity index (χ0) is 15.6. The van der Waals surface area contributed by atoms with Crippen LogP contribution in [0.25, 0.3) is 0 Å². The summed E-state index contributed by atoms with van der Waals surface area (Å²) in [6, 6.07) is 11.3. The summed E-state index contributed by atoms with van der Waals surface area (Å²) in [5.74, 6) is 0.644.